The Morgan fingerprint density at radius 3 is 2.50 bits per heavy atom. The molecule has 0 aromatic heterocycles. The predicted molar refractivity (Wildman–Crippen MR) is 107 cm³/mol. The van der Waals surface area contributed by atoms with Crippen molar-refractivity contribution in [2.45, 2.75) is 38.8 Å². The lowest BCUT2D eigenvalue weighted by molar-refractivity contribution is -0.132. The van der Waals surface area contributed by atoms with Crippen LogP contribution in [0.1, 0.15) is 31.7 Å². The number of methoxy groups -OCH3 is 1. The van der Waals surface area contributed by atoms with Crippen LogP contribution in [-0.2, 0) is 11.3 Å². The van der Waals surface area contributed by atoms with Crippen LogP contribution in [0.25, 0.3) is 0 Å². The molecule has 1 atom stereocenters. The molecule has 146 valence electrons. The SMILES string of the molecule is COc1ccc(CN(CCC(=O)N2CCNCC2)C(C)C2CC2)cc1.Cl. The number of piperazine rings is 1. The summed E-state index contributed by atoms with van der Waals surface area (Å²) in [6, 6.07) is 8.83. The van der Waals surface area contributed by atoms with Gasteiger partial charge in [-0.3, -0.25) is 9.69 Å². The van der Waals surface area contributed by atoms with E-state index in [1.165, 1.54) is 18.4 Å². The van der Waals surface area contributed by atoms with Gasteiger partial charge in [-0.1, -0.05) is 12.1 Å². The highest BCUT2D eigenvalue weighted by Crippen LogP contribution is 2.35. The summed E-state index contributed by atoms with van der Waals surface area (Å²) in [5.74, 6) is 1.98. The highest BCUT2D eigenvalue weighted by atomic mass is 35.5. The molecule has 2 aliphatic rings. The van der Waals surface area contributed by atoms with Crippen LogP contribution >= 0.6 is 12.4 Å². The van der Waals surface area contributed by atoms with E-state index in [1.807, 2.05) is 17.0 Å². The number of halogens is 1. The van der Waals surface area contributed by atoms with Gasteiger partial charge in [-0.15, -0.1) is 12.4 Å². The summed E-state index contributed by atoms with van der Waals surface area (Å²) >= 11 is 0. The third-order valence-corrected chi connectivity index (χ3v) is 5.51. The molecule has 26 heavy (non-hydrogen) atoms. The molecule has 1 saturated carbocycles. The Bertz CT molecular complexity index is 557. The van der Waals surface area contributed by atoms with Crippen LogP contribution in [-0.4, -0.2) is 61.6 Å². The summed E-state index contributed by atoms with van der Waals surface area (Å²) in [7, 11) is 1.69. The van der Waals surface area contributed by atoms with E-state index in [9.17, 15) is 4.79 Å². The molecule has 1 aromatic rings. The first-order valence-corrected chi connectivity index (χ1v) is 9.53. The summed E-state index contributed by atoms with van der Waals surface area (Å²) in [5.41, 5.74) is 1.28. The minimum absolute atomic E-state index is 0. The van der Waals surface area contributed by atoms with Gasteiger partial charge in [0, 0.05) is 51.7 Å². The van der Waals surface area contributed by atoms with Gasteiger partial charge in [-0.25, -0.2) is 0 Å². The monoisotopic (exact) mass is 381 g/mol. The van der Waals surface area contributed by atoms with Gasteiger partial charge in [-0.05, 0) is 43.4 Å². The third-order valence-electron chi connectivity index (χ3n) is 5.51. The van der Waals surface area contributed by atoms with Crippen LogP contribution in [0.2, 0.25) is 0 Å². The average molecular weight is 382 g/mol. The van der Waals surface area contributed by atoms with Gasteiger partial charge in [-0.2, -0.15) is 0 Å². The molecule has 0 radical (unpaired) electrons. The van der Waals surface area contributed by atoms with Gasteiger partial charge >= 0.3 is 0 Å². The summed E-state index contributed by atoms with van der Waals surface area (Å²) in [5, 5.41) is 3.30. The van der Waals surface area contributed by atoms with Gasteiger partial charge in [0.05, 0.1) is 7.11 Å². The Labute approximate surface area is 163 Å². The van der Waals surface area contributed by atoms with Crippen LogP contribution in [0.4, 0.5) is 0 Å². The smallest absolute Gasteiger partial charge is 0.223 e. The van der Waals surface area contributed by atoms with Gasteiger partial charge in [0.15, 0.2) is 0 Å². The topological polar surface area (TPSA) is 44.8 Å². The Hall–Kier alpha value is -1.30. The molecule has 1 amide bonds. The number of carbonyl (C=O) groups is 1. The summed E-state index contributed by atoms with van der Waals surface area (Å²) in [6.07, 6.45) is 3.27. The van der Waals surface area contributed by atoms with Crippen molar-refractivity contribution in [1.29, 1.82) is 0 Å². The maximum absolute atomic E-state index is 12.5. The van der Waals surface area contributed by atoms with Crippen molar-refractivity contribution in [1.82, 2.24) is 15.1 Å². The second kappa shape index (κ2) is 10.1. The number of ether oxygens (including phenoxy) is 1. The van der Waals surface area contributed by atoms with Crippen LogP contribution in [0.5, 0.6) is 5.75 Å². The largest absolute Gasteiger partial charge is 0.497 e. The molecule has 3 rings (SSSR count). The van der Waals surface area contributed by atoms with Crippen molar-refractivity contribution in [2.75, 3.05) is 39.8 Å². The van der Waals surface area contributed by atoms with E-state index in [1.54, 1.807) is 7.11 Å². The molecule has 0 spiro atoms. The molecule has 1 heterocycles. The molecule has 1 saturated heterocycles. The van der Waals surface area contributed by atoms with Crippen molar-refractivity contribution in [3.8, 4) is 5.75 Å². The zero-order valence-corrected chi connectivity index (χ0v) is 16.8. The predicted octanol–water partition coefficient (Wildman–Crippen LogP) is 2.54. The Morgan fingerprint density at radius 1 is 1.27 bits per heavy atom. The van der Waals surface area contributed by atoms with Gasteiger partial charge in [0.1, 0.15) is 5.75 Å². The number of amides is 1. The second-order valence-electron chi connectivity index (χ2n) is 7.28. The first-order valence-electron chi connectivity index (χ1n) is 9.53. The maximum atomic E-state index is 12.5. The van der Waals surface area contributed by atoms with Crippen LogP contribution in [0.3, 0.4) is 0 Å². The summed E-state index contributed by atoms with van der Waals surface area (Å²) in [6.45, 7) is 7.57. The fourth-order valence-electron chi connectivity index (χ4n) is 3.58. The van der Waals surface area contributed by atoms with E-state index in [0.717, 1.165) is 50.9 Å². The third kappa shape index (κ3) is 5.86. The first-order chi connectivity index (χ1) is 12.2. The van der Waals surface area contributed by atoms with E-state index in [2.05, 4.69) is 29.3 Å². The van der Waals surface area contributed by atoms with E-state index in [4.69, 9.17) is 4.74 Å². The fourth-order valence-corrected chi connectivity index (χ4v) is 3.58. The zero-order chi connectivity index (χ0) is 17.6. The Morgan fingerprint density at radius 2 is 1.92 bits per heavy atom. The molecular weight excluding hydrogens is 350 g/mol. The standard InChI is InChI=1S/C20H31N3O2.ClH/c1-16(18-5-6-18)23(15-17-3-7-19(25-2)8-4-17)12-9-20(24)22-13-10-21-11-14-22;/h3-4,7-8,16,18,21H,5-6,9-15H2,1-2H3;1H. The number of benzene rings is 1. The van der Waals surface area contributed by atoms with Gasteiger partial charge in [0.2, 0.25) is 5.91 Å². The van der Waals surface area contributed by atoms with Crippen molar-refractivity contribution < 1.29 is 9.53 Å². The van der Waals surface area contributed by atoms with Crippen LogP contribution in [0.15, 0.2) is 24.3 Å². The van der Waals surface area contributed by atoms with Gasteiger partial charge in [0.25, 0.3) is 0 Å². The van der Waals surface area contributed by atoms with E-state index < -0.39 is 0 Å². The highest BCUT2D eigenvalue weighted by Gasteiger charge is 2.32. The molecule has 1 N–H and O–H groups in total. The Kier molecular flexibility index (Phi) is 8.19. The molecule has 0 bridgehead atoms. The quantitative estimate of drug-likeness (QED) is 0.751. The molecule has 1 aromatic carbocycles. The second-order valence-corrected chi connectivity index (χ2v) is 7.28. The Balaban J connectivity index is 0.00000243. The normalized spacial score (nSPS) is 18.3. The molecular formula is C20H32ClN3O2. The number of hydrogen-bond donors (Lipinski definition) is 1. The molecule has 1 aliphatic heterocycles. The van der Waals surface area contributed by atoms with Crippen molar-refractivity contribution in [3.63, 3.8) is 0 Å². The molecule has 5 nitrogen and oxygen atoms in total. The summed E-state index contributed by atoms with van der Waals surface area (Å²) < 4.78 is 5.25. The lowest BCUT2D eigenvalue weighted by atomic mass is 10.1. The maximum Gasteiger partial charge on any atom is 0.223 e. The first kappa shape index (κ1) is 21.0. The lowest BCUT2D eigenvalue weighted by Gasteiger charge is -2.31. The number of rotatable bonds is 8. The van der Waals surface area contributed by atoms with Gasteiger partial charge < -0.3 is 15.0 Å². The van der Waals surface area contributed by atoms with E-state index >= 15 is 0 Å². The fraction of sp³-hybridized carbons (Fsp3) is 0.650. The molecule has 2 fully saturated rings. The van der Waals surface area contributed by atoms with E-state index in [-0.39, 0.29) is 12.4 Å². The van der Waals surface area contributed by atoms with Crippen molar-refractivity contribution in [2.24, 2.45) is 5.92 Å². The average Bonchev–Trinajstić information content (AvgIpc) is 3.50. The summed E-state index contributed by atoms with van der Waals surface area (Å²) in [4.78, 5) is 17.0. The minimum Gasteiger partial charge on any atom is -0.497 e. The molecule has 6 heteroatoms. The van der Waals surface area contributed by atoms with E-state index in [0.29, 0.717) is 18.4 Å². The number of carbonyl (C=O) groups excluding carboxylic acids is 1. The lowest BCUT2D eigenvalue weighted by Crippen LogP contribution is -2.47. The van der Waals surface area contributed by atoms with Crippen molar-refractivity contribution in [3.05, 3.63) is 29.8 Å². The van der Waals surface area contributed by atoms with Crippen molar-refractivity contribution >= 4 is 18.3 Å². The number of nitrogens with one attached hydrogen (secondary N) is 1. The zero-order valence-electron chi connectivity index (χ0n) is 15.9. The highest BCUT2D eigenvalue weighted by molar-refractivity contribution is 5.85. The molecule has 1 aliphatic carbocycles. The number of hydrogen-bond acceptors (Lipinski definition) is 4. The number of nitrogens with zero attached hydrogens (tertiary/aromatic N) is 2. The minimum atomic E-state index is 0. The van der Waals surface area contributed by atoms with Crippen LogP contribution in [0, 0.1) is 5.92 Å². The van der Waals surface area contributed by atoms with Crippen LogP contribution < -0.4 is 10.1 Å². The molecule has 1 unspecified atom stereocenters.